The summed E-state index contributed by atoms with van der Waals surface area (Å²) in [5.74, 6) is -0.0839. The largest absolute Gasteiger partial charge is 0.298 e. The Kier molecular flexibility index (Phi) is 2.57. The van der Waals surface area contributed by atoms with Gasteiger partial charge >= 0.3 is 0 Å². The van der Waals surface area contributed by atoms with Gasteiger partial charge in [0.05, 0.1) is 4.90 Å². The highest BCUT2D eigenvalue weighted by molar-refractivity contribution is 7.94. The molecule has 1 aromatic rings. The summed E-state index contributed by atoms with van der Waals surface area (Å²) < 4.78 is 25.2. The molecule has 0 unspecified atom stereocenters. The molecule has 0 spiro atoms. The maximum atomic E-state index is 13.1. The first kappa shape index (κ1) is 13.8. The van der Waals surface area contributed by atoms with Crippen LogP contribution in [0.2, 0.25) is 0 Å². The van der Waals surface area contributed by atoms with E-state index in [2.05, 4.69) is 0 Å². The maximum Gasteiger partial charge on any atom is 0.192 e. The van der Waals surface area contributed by atoms with Gasteiger partial charge in [-0.2, -0.15) is 0 Å². The Morgan fingerprint density at radius 1 is 1.10 bits per heavy atom. The van der Waals surface area contributed by atoms with Crippen LogP contribution < -0.4 is 0 Å². The summed E-state index contributed by atoms with van der Waals surface area (Å²) in [5, 5.41) is 0. The predicted molar refractivity (Wildman–Crippen MR) is 77.5 cm³/mol. The molecule has 3 rings (SSSR count). The molecule has 2 aliphatic carbocycles. The fourth-order valence-corrected chi connectivity index (χ4v) is 7.13. The number of hydrogen-bond donors (Lipinski definition) is 0. The lowest BCUT2D eigenvalue weighted by atomic mass is 10.1. The molecule has 4 heteroatoms. The number of ketones is 1. The van der Waals surface area contributed by atoms with Crippen LogP contribution in [0, 0.1) is 26.2 Å². The summed E-state index contributed by atoms with van der Waals surface area (Å²) in [5.41, 5.74) is 2.22. The third kappa shape index (κ3) is 1.40. The second-order valence-corrected chi connectivity index (χ2v) is 8.83. The number of Topliss-reactive ketones (excluding diaryl/α,β-unsaturated/α-hetero) is 1. The van der Waals surface area contributed by atoms with E-state index < -0.39 is 14.6 Å². The van der Waals surface area contributed by atoms with E-state index in [-0.39, 0.29) is 11.2 Å². The summed E-state index contributed by atoms with van der Waals surface area (Å²) in [7, 11) is -3.60. The average molecular weight is 292 g/mol. The van der Waals surface area contributed by atoms with Crippen molar-refractivity contribution in [1.82, 2.24) is 0 Å². The molecule has 0 N–H and O–H groups in total. The van der Waals surface area contributed by atoms with Crippen LogP contribution in [0.25, 0.3) is 0 Å². The zero-order valence-electron chi connectivity index (χ0n) is 12.4. The van der Waals surface area contributed by atoms with Crippen molar-refractivity contribution >= 4 is 15.6 Å². The highest BCUT2D eigenvalue weighted by Gasteiger charge is 2.79. The van der Waals surface area contributed by atoms with Crippen LogP contribution in [0.4, 0.5) is 0 Å². The van der Waals surface area contributed by atoms with Crippen molar-refractivity contribution < 1.29 is 13.2 Å². The third-order valence-electron chi connectivity index (χ3n) is 5.18. The standard InChI is InChI=1S/C16H20O3S/c1-10-7-11(2)14(12(3)8-10)20(18,19)16-9-15(16,4)6-5-13(16)17/h7-8H,5-6,9H2,1-4H3/t15-,16+/m0/s1. The highest BCUT2D eigenvalue weighted by Crippen LogP contribution is 2.70. The molecule has 2 fully saturated rings. The zero-order chi connectivity index (χ0) is 14.9. The molecule has 0 aromatic heterocycles. The molecule has 0 amide bonds. The lowest BCUT2D eigenvalue weighted by Gasteiger charge is -2.19. The Labute approximate surface area is 120 Å². The fourth-order valence-electron chi connectivity index (χ4n) is 4.16. The average Bonchev–Trinajstić information content (AvgIpc) is 2.85. The molecule has 20 heavy (non-hydrogen) atoms. The molecule has 0 bridgehead atoms. The van der Waals surface area contributed by atoms with Crippen molar-refractivity contribution in [2.24, 2.45) is 5.41 Å². The van der Waals surface area contributed by atoms with Crippen LogP contribution >= 0.6 is 0 Å². The molecule has 1 aromatic carbocycles. The van der Waals surface area contributed by atoms with Crippen LogP contribution in [0.5, 0.6) is 0 Å². The fraction of sp³-hybridized carbons (Fsp3) is 0.562. The number of carbonyl (C=O) groups is 1. The minimum atomic E-state index is -3.60. The Morgan fingerprint density at radius 2 is 1.65 bits per heavy atom. The number of sulfone groups is 1. The molecule has 0 saturated heterocycles. The number of fused-ring (bicyclic) bond motifs is 1. The third-order valence-corrected chi connectivity index (χ3v) is 8.14. The predicted octanol–water partition coefficient (Wildman–Crippen LogP) is 2.90. The molecule has 0 aliphatic heterocycles. The van der Waals surface area contributed by atoms with Crippen LogP contribution in [-0.4, -0.2) is 18.9 Å². The minimum Gasteiger partial charge on any atom is -0.298 e. The van der Waals surface area contributed by atoms with Gasteiger partial charge in [-0.15, -0.1) is 0 Å². The summed E-state index contributed by atoms with van der Waals surface area (Å²) in [4.78, 5) is 12.7. The second-order valence-electron chi connectivity index (χ2n) is 6.72. The minimum absolute atomic E-state index is 0.0839. The van der Waals surface area contributed by atoms with Gasteiger partial charge in [-0.3, -0.25) is 4.79 Å². The quantitative estimate of drug-likeness (QED) is 0.842. The van der Waals surface area contributed by atoms with E-state index in [1.807, 2.05) is 39.8 Å². The maximum absolute atomic E-state index is 13.1. The van der Waals surface area contributed by atoms with Gasteiger partial charge < -0.3 is 0 Å². The number of benzene rings is 1. The van der Waals surface area contributed by atoms with Crippen LogP contribution in [0.3, 0.4) is 0 Å². The smallest absolute Gasteiger partial charge is 0.192 e. The van der Waals surface area contributed by atoms with Crippen molar-refractivity contribution in [3.63, 3.8) is 0 Å². The van der Waals surface area contributed by atoms with Crippen molar-refractivity contribution in [2.45, 2.75) is 56.6 Å². The van der Waals surface area contributed by atoms with E-state index in [0.717, 1.165) is 16.7 Å². The van der Waals surface area contributed by atoms with E-state index in [4.69, 9.17) is 0 Å². The van der Waals surface area contributed by atoms with Gasteiger partial charge in [0, 0.05) is 6.42 Å². The van der Waals surface area contributed by atoms with Gasteiger partial charge in [-0.1, -0.05) is 24.6 Å². The van der Waals surface area contributed by atoms with E-state index in [1.165, 1.54) is 0 Å². The van der Waals surface area contributed by atoms with Crippen LogP contribution in [-0.2, 0) is 14.6 Å². The molecule has 108 valence electrons. The Balaban J connectivity index is 2.24. The summed E-state index contributed by atoms with van der Waals surface area (Å²) in [6, 6.07) is 3.77. The Morgan fingerprint density at radius 3 is 2.05 bits per heavy atom. The van der Waals surface area contributed by atoms with Crippen LogP contribution in [0.1, 0.15) is 42.9 Å². The van der Waals surface area contributed by atoms with Crippen molar-refractivity contribution in [3.05, 3.63) is 28.8 Å². The lowest BCUT2D eigenvalue weighted by molar-refractivity contribution is -0.118. The summed E-state index contributed by atoms with van der Waals surface area (Å²) in [6.07, 6.45) is 1.60. The molecule has 2 atom stereocenters. The number of carbonyl (C=O) groups excluding carboxylic acids is 1. The van der Waals surface area contributed by atoms with E-state index >= 15 is 0 Å². The summed E-state index contributed by atoms with van der Waals surface area (Å²) in [6.45, 7) is 7.54. The first-order valence-corrected chi connectivity index (χ1v) is 8.50. The molecule has 3 nitrogen and oxygen atoms in total. The highest BCUT2D eigenvalue weighted by atomic mass is 32.2. The van der Waals surface area contributed by atoms with E-state index in [9.17, 15) is 13.2 Å². The molecule has 2 aliphatic rings. The molecule has 2 saturated carbocycles. The van der Waals surface area contributed by atoms with Crippen molar-refractivity contribution in [1.29, 1.82) is 0 Å². The van der Waals surface area contributed by atoms with Crippen molar-refractivity contribution in [3.8, 4) is 0 Å². The van der Waals surface area contributed by atoms with Crippen molar-refractivity contribution in [2.75, 3.05) is 0 Å². The monoisotopic (exact) mass is 292 g/mol. The lowest BCUT2D eigenvalue weighted by Crippen LogP contribution is -2.34. The van der Waals surface area contributed by atoms with Gasteiger partial charge in [0.25, 0.3) is 0 Å². The van der Waals surface area contributed by atoms with E-state index in [1.54, 1.807) is 0 Å². The van der Waals surface area contributed by atoms with Gasteiger partial charge in [0.1, 0.15) is 4.75 Å². The van der Waals surface area contributed by atoms with Crippen LogP contribution in [0.15, 0.2) is 17.0 Å². The van der Waals surface area contributed by atoms with Gasteiger partial charge in [-0.05, 0) is 50.2 Å². The van der Waals surface area contributed by atoms with Gasteiger partial charge in [0.15, 0.2) is 15.6 Å². The van der Waals surface area contributed by atoms with E-state index in [0.29, 0.717) is 24.2 Å². The second kappa shape index (κ2) is 3.73. The number of aryl methyl sites for hydroxylation is 3. The molecule has 0 heterocycles. The number of rotatable bonds is 2. The first-order chi connectivity index (χ1) is 9.16. The first-order valence-electron chi connectivity index (χ1n) is 7.01. The van der Waals surface area contributed by atoms with Gasteiger partial charge in [0.2, 0.25) is 0 Å². The Hall–Kier alpha value is -1.16. The molecular formula is C16H20O3S. The molecular weight excluding hydrogens is 272 g/mol. The van der Waals surface area contributed by atoms with Gasteiger partial charge in [-0.25, -0.2) is 8.42 Å². The normalized spacial score (nSPS) is 32.3. The topological polar surface area (TPSA) is 51.2 Å². The number of hydrogen-bond acceptors (Lipinski definition) is 3. The SMILES string of the molecule is Cc1cc(C)c(S(=O)(=O)[C@@]23C[C@]2(C)CCC3=O)c(C)c1. The Bertz CT molecular complexity index is 709. The zero-order valence-corrected chi connectivity index (χ0v) is 13.2. The molecule has 0 radical (unpaired) electrons. The summed E-state index contributed by atoms with van der Waals surface area (Å²) >= 11 is 0.